The Morgan fingerprint density at radius 2 is 1.47 bits per heavy atom. The van der Waals surface area contributed by atoms with Crippen molar-refractivity contribution in [3.8, 4) is 0 Å². The molecule has 0 saturated heterocycles. The van der Waals surface area contributed by atoms with Gasteiger partial charge in [0.15, 0.2) is 0 Å². The number of thiol groups is 1. The van der Waals surface area contributed by atoms with E-state index in [1.807, 2.05) is 0 Å². The van der Waals surface area contributed by atoms with Gasteiger partial charge >= 0.3 is 10.4 Å². The first-order valence-corrected chi connectivity index (χ1v) is 11.9. The number of hydrogen-bond acceptors (Lipinski definition) is 7. The minimum absolute atomic E-state index is 0.374. The summed E-state index contributed by atoms with van der Waals surface area (Å²) in [6, 6.07) is 0. The molecule has 0 amide bonds. The third-order valence-corrected chi connectivity index (χ3v) is 6.26. The van der Waals surface area contributed by atoms with Crippen LogP contribution in [0.25, 0.3) is 0 Å². The first-order valence-electron chi connectivity index (χ1n) is 6.02. The van der Waals surface area contributed by atoms with Crippen LogP contribution in [0.5, 0.6) is 0 Å². The van der Waals surface area contributed by atoms with E-state index in [9.17, 15) is 16.8 Å². The summed E-state index contributed by atoms with van der Waals surface area (Å²) in [5.74, 6) is 0. The topological polar surface area (TPSA) is 96.0 Å². The second-order valence-electron chi connectivity index (χ2n) is 5.43. The van der Waals surface area contributed by atoms with Gasteiger partial charge in [-0.15, -0.1) is 0 Å². The predicted molar refractivity (Wildman–Crippen MR) is 71.9 cm³/mol. The molecule has 0 heterocycles. The van der Waals surface area contributed by atoms with Crippen molar-refractivity contribution in [2.24, 2.45) is 0 Å². The minimum atomic E-state index is -3.98. The fraction of sp³-hybridized carbons (Fsp3) is 1.00. The zero-order chi connectivity index (χ0) is 14.7. The third kappa shape index (κ3) is 7.37. The fourth-order valence-electron chi connectivity index (χ4n) is 1.85. The van der Waals surface area contributed by atoms with Crippen molar-refractivity contribution in [1.29, 1.82) is 0 Å². The molecule has 1 fully saturated rings. The van der Waals surface area contributed by atoms with E-state index >= 15 is 0 Å². The van der Waals surface area contributed by atoms with E-state index in [4.69, 9.17) is 8.06 Å². The zero-order valence-corrected chi connectivity index (χ0v) is 13.9. The molecule has 0 bridgehead atoms. The third-order valence-electron chi connectivity index (χ3n) is 2.46. The van der Waals surface area contributed by atoms with Gasteiger partial charge in [0.05, 0.1) is 12.2 Å². The predicted octanol–water partition coefficient (Wildman–Crippen LogP) is 0.953. The van der Waals surface area contributed by atoms with Crippen LogP contribution in [0, 0.1) is 0 Å². The quantitative estimate of drug-likeness (QED) is 0.571. The molecule has 0 spiro atoms. The van der Waals surface area contributed by atoms with E-state index in [2.05, 4.69) is 4.18 Å². The second kappa shape index (κ2) is 6.63. The van der Waals surface area contributed by atoms with Gasteiger partial charge in [-0.25, -0.2) is 12.6 Å². The second-order valence-corrected chi connectivity index (χ2v) is 12.0. The fourth-order valence-corrected chi connectivity index (χ4v) is 5.43. The largest absolute Gasteiger partial charge is 0.390 e. The summed E-state index contributed by atoms with van der Waals surface area (Å²) in [6.07, 6.45) is 0.934. The highest BCUT2D eigenvalue weighted by Gasteiger charge is 2.31. The highest BCUT2D eigenvalue weighted by Crippen LogP contribution is 2.25. The van der Waals surface area contributed by atoms with Crippen LogP contribution in [-0.2, 0) is 33.6 Å². The summed E-state index contributed by atoms with van der Waals surface area (Å²) in [4.78, 5) is 0. The van der Waals surface area contributed by atoms with Crippen molar-refractivity contribution >= 4 is 29.7 Å². The molecule has 0 aliphatic heterocycles. The zero-order valence-electron chi connectivity index (χ0n) is 11.2. The first-order chi connectivity index (χ1) is 8.57. The van der Waals surface area contributed by atoms with Crippen LogP contribution in [-0.4, -0.2) is 37.4 Å². The molecular formula is C9H20O7S2Si. The summed E-state index contributed by atoms with van der Waals surface area (Å²) in [5, 5.41) is 0. The summed E-state index contributed by atoms with van der Waals surface area (Å²) in [7, 11) is -9.07. The van der Waals surface area contributed by atoms with E-state index in [1.54, 1.807) is 19.6 Å². The molecule has 114 valence electrons. The summed E-state index contributed by atoms with van der Waals surface area (Å²) >= 11 is 0. The molecule has 1 aliphatic rings. The van der Waals surface area contributed by atoms with Crippen molar-refractivity contribution in [2.75, 3.05) is 0 Å². The maximum atomic E-state index is 11.6. The highest BCUT2D eigenvalue weighted by molar-refractivity contribution is 7.83. The van der Waals surface area contributed by atoms with Crippen molar-refractivity contribution in [3.63, 3.8) is 0 Å². The summed E-state index contributed by atoms with van der Waals surface area (Å²) in [5.41, 5.74) is 0. The van der Waals surface area contributed by atoms with Crippen LogP contribution in [0.15, 0.2) is 0 Å². The van der Waals surface area contributed by atoms with E-state index in [0.717, 1.165) is 0 Å². The maximum Gasteiger partial charge on any atom is 0.390 e. The molecule has 0 aromatic carbocycles. The summed E-state index contributed by atoms with van der Waals surface area (Å²) in [6.45, 7) is 5.26. The molecule has 10 heteroatoms. The van der Waals surface area contributed by atoms with Crippen LogP contribution in [0.1, 0.15) is 25.7 Å². The molecule has 0 aromatic heterocycles. The van der Waals surface area contributed by atoms with Gasteiger partial charge in [0.2, 0.25) is 8.32 Å². The Bertz CT molecular complexity index is 449. The summed E-state index contributed by atoms with van der Waals surface area (Å²) < 4.78 is 58.7. The lowest BCUT2D eigenvalue weighted by Crippen LogP contribution is -2.34. The lowest BCUT2D eigenvalue weighted by Gasteiger charge is -2.27. The Balaban J connectivity index is 2.44. The molecule has 1 rings (SSSR count). The Hall–Kier alpha value is -0.00312. The SMILES string of the molecule is C[Si](C)(C)OS(=O)(=O)OC1CCC(O[SH](=O)=O)CC1. The average Bonchev–Trinajstić information content (AvgIpc) is 2.15. The number of hydrogen-bond donors (Lipinski definition) is 1. The van der Waals surface area contributed by atoms with Gasteiger partial charge < -0.3 is 0 Å². The molecule has 1 saturated carbocycles. The van der Waals surface area contributed by atoms with E-state index in [0.29, 0.717) is 25.7 Å². The lowest BCUT2D eigenvalue weighted by molar-refractivity contribution is 0.0833. The van der Waals surface area contributed by atoms with Gasteiger partial charge in [0, 0.05) is 0 Å². The minimum Gasteiger partial charge on any atom is -0.294 e. The van der Waals surface area contributed by atoms with Gasteiger partial charge in [0.25, 0.3) is 11.0 Å². The van der Waals surface area contributed by atoms with Gasteiger partial charge in [-0.05, 0) is 45.3 Å². The van der Waals surface area contributed by atoms with Gasteiger partial charge in [-0.2, -0.15) is 8.42 Å². The molecule has 19 heavy (non-hydrogen) atoms. The molecule has 7 nitrogen and oxygen atoms in total. The van der Waals surface area contributed by atoms with Crippen LogP contribution >= 0.6 is 0 Å². The molecular weight excluding hydrogens is 312 g/mol. The molecule has 0 aromatic rings. The van der Waals surface area contributed by atoms with Gasteiger partial charge in [0.1, 0.15) is 0 Å². The lowest BCUT2D eigenvalue weighted by atomic mass is 9.95. The molecule has 0 radical (unpaired) electrons. The Kier molecular flexibility index (Phi) is 5.95. The van der Waals surface area contributed by atoms with Crippen molar-refractivity contribution in [1.82, 2.24) is 0 Å². The van der Waals surface area contributed by atoms with E-state index in [-0.39, 0.29) is 6.10 Å². The van der Waals surface area contributed by atoms with Gasteiger partial charge in [-0.1, -0.05) is 0 Å². The van der Waals surface area contributed by atoms with E-state index < -0.39 is 35.8 Å². The molecule has 1 aliphatic carbocycles. The van der Waals surface area contributed by atoms with E-state index in [1.165, 1.54) is 0 Å². The monoisotopic (exact) mass is 332 g/mol. The smallest absolute Gasteiger partial charge is 0.294 e. The normalized spacial score (nSPS) is 25.7. The van der Waals surface area contributed by atoms with Crippen LogP contribution in [0.3, 0.4) is 0 Å². The van der Waals surface area contributed by atoms with Crippen molar-refractivity contribution in [3.05, 3.63) is 0 Å². The molecule has 0 atom stereocenters. The Labute approximate surface area is 116 Å². The maximum absolute atomic E-state index is 11.6. The highest BCUT2D eigenvalue weighted by atomic mass is 32.3. The standard InChI is InChI=1S/C9H20O7S2Si/c1-19(2,3)16-18(12,13)15-9-6-4-8(5-7-9)14-17(10)11/h8-9,17H,4-7H2,1-3H3. The van der Waals surface area contributed by atoms with Crippen LogP contribution in [0.2, 0.25) is 19.6 Å². The van der Waals surface area contributed by atoms with Gasteiger partial charge in [-0.3, -0.25) is 8.06 Å². The molecule has 0 unspecified atom stereocenters. The Morgan fingerprint density at radius 3 is 1.89 bits per heavy atom. The average molecular weight is 332 g/mol. The van der Waals surface area contributed by atoms with Crippen LogP contribution < -0.4 is 0 Å². The Morgan fingerprint density at radius 1 is 1.00 bits per heavy atom. The first kappa shape index (κ1) is 17.0. The number of rotatable bonds is 6. The van der Waals surface area contributed by atoms with Crippen molar-refractivity contribution < 1.29 is 29.1 Å². The van der Waals surface area contributed by atoms with Crippen LogP contribution in [0.4, 0.5) is 0 Å². The van der Waals surface area contributed by atoms with Crippen molar-refractivity contribution in [2.45, 2.75) is 57.5 Å². The molecule has 0 N–H and O–H groups in total.